The first-order valence-corrected chi connectivity index (χ1v) is 8.94. The minimum atomic E-state index is -3.81. The Morgan fingerprint density at radius 3 is 2.61 bits per heavy atom. The van der Waals surface area contributed by atoms with Crippen molar-refractivity contribution in [1.82, 2.24) is 4.98 Å². The van der Waals surface area contributed by atoms with Crippen LogP contribution in [0.1, 0.15) is 5.56 Å². The zero-order chi connectivity index (χ0) is 16.6. The molecule has 0 aliphatic rings. The van der Waals surface area contributed by atoms with Gasteiger partial charge in [0.05, 0.1) is 10.5 Å². The standard InChI is InChI=1S/C16H12Cl2N2O2S/c1-10-7-16(14(18)9-13(10)17)23(21,22)20-12-4-5-15-11(8-12)3-2-6-19-15/h2-9,20H,1H3. The lowest BCUT2D eigenvalue weighted by molar-refractivity contribution is 0.601. The van der Waals surface area contributed by atoms with Gasteiger partial charge in [-0.2, -0.15) is 0 Å². The van der Waals surface area contributed by atoms with Gasteiger partial charge in [0.25, 0.3) is 10.0 Å². The molecule has 3 rings (SSSR count). The average molecular weight is 367 g/mol. The monoisotopic (exact) mass is 366 g/mol. The number of nitrogens with zero attached hydrogens (tertiary/aromatic N) is 1. The maximum Gasteiger partial charge on any atom is 0.263 e. The van der Waals surface area contributed by atoms with E-state index in [0.29, 0.717) is 16.3 Å². The van der Waals surface area contributed by atoms with Crippen LogP contribution in [-0.2, 0) is 10.0 Å². The van der Waals surface area contributed by atoms with Crippen LogP contribution >= 0.6 is 23.2 Å². The van der Waals surface area contributed by atoms with Crippen LogP contribution in [0.25, 0.3) is 10.9 Å². The number of fused-ring (bicyclic) bond motifs is 1. The van der Waals surface area contributed by atoms with Crippen molar-refractivity contribution < 1.29 is 8.42 Å². The quantitative estimate of drug-likeness (QED) is 0.733. The Labute approximate surface area is 144 Å². The third-order valence-electron chi connectivity index (χ3n) is 3.36. The van der Waals surface area contributed by atoms with Crippen LogP contribution in [0, 0.1) is 6.92 Å². The summed E-state index contributed by atoms with van der Waals surface area (Å²) in [4.78, 5) is 4.19. The van der Waals surface area contributed by atoms with Crippen molar-refractivity contribution in [3.05, 3.63) is 64.3 Å². The summed E-state index contributed by atoms with van der Waals surface area (Å²) in [6.07, 6.45) is 1.68. The molecular weight excluding hydrogens is 355 g/mol. The molecule has 2 aromatic carbocycles. The van der Waals surface area contributed by atoms with Crippen molar-refractivity contribution in [3.8, 4) is 0 Å². The summed E-state index contributed by atoms with van der Waals surface area (Å²) in [5.41, 5.74) is 1.86. The molecule has 0 atom stereocenters. The van der Waals surface area contributed by atoms with Gasteiger partial charge in [-0.15, -0.1) is 0 Å². The predicted octanol–water partition coefficient (Wildman–Crippen LogP) is 4.65. The summed E-state index contributed by atoms with van der Waals surface area (Å²) >= 11 is 12.0. The molecular formula is C16H12Cl2N2O2S. The molecule has 7 heteroatoms. The number of benzene rings is 2. The lowest BCUT2D eigenvalue weighted by Crippen LogP contribution is -2.13. The normalized spacial score (nSPS) is 11.6. The van der Waals surface area contributed by atoms with Gasteiger partial charge in [0.15, 0.2) is 0 Å². The number of pyridine rings is 1. The Bertz CT molecular complexity index is 1000. The van der Waals surface area contributed by atoms with E-state index in [2.05, 4.69) is 9.71 Å². The second-order valence-corrected chi connectivity index (χ2v) is 7.51. The van der Waals surface area contributed by atoms with Crippen LogP contribution in [-0.4, -0.2) is 13.4 Å². The Balaban J connectivity index is 2.01. The maximum atomic E-state index is 12.6. The van der Waals surface area contributed by atoms with E-state index in [4.69, 9.17) is 23.2 Å². The molecule has 4 nitrogen and oxygen atoms in total. The molecule has 0 aliphatic heterocycles. The van der Waals surface area contributed by atoms with E-state index in [0.717, 1.165) is 10.9 Å². The molecule has 0 saturated heterocycles. The van der Waals surface area contributed by atoms with E-state index < -0.39 is 10.0 Å². The molecule has 1 heterocycles. The van der Waals surface area contributed by atoms with Crippen molar-refractivity contribution in [2.24, 2.45) is 0 Å². The molecule has 118 valence electrons. The van der Waals surface area contributed by atoms with Gasteiger partial charge in [0.2, 0.25) is 0 Å². The second kappa shape index (κ2) is 6.00. The molecule has 23 heavy (non-hydrogen) atoms. The zero-order valence-corrected chi connectivity index (χ0v) is 14.4. The third kappa shape index (κ3) is 3.27. The number of aromatic nitrogens is 1. The summed E-state index contributed by atoms with van der Waals surface area (Å²) in [5, 5.41) is 1.34. The zero-order valence-electron chi connectivity index (χ0n) is 12.0. The molecule has 1 N–H and O–H groups in total. The van der Waals surface area contributed by atoms with E-state index in [1.807, 2.05) is 6.07 Å². The first-order chi connectivity index (χ1) is 10.9. The van der Waals surface area contributed by atoms with E-state index in [1.165, 1.54) is 12.1 Å². The third-order valence-corrected chi connectivity index (χ3v) is 5.61. The molecule has 0 radical (unpaired) electrons. The van der Waals surface area contributed by atoms with Gasteiger partial charge in [-0.25, -0.2) is 8.42 Å². The van der Waals surface area contributed by atoms with Crippen LogP contribution in [0.5, 0.6) is 0 Å². The van der Waals surface area contributed by atoms with Gasteiger partial charge >= 0.3 is 0 Å². The highest BCUT2D eigenvalue weighted by atomic mass is 35.5. The number of aryl methyl sites for hydroxylation is 1. The van der Waals surface area contributed by atoms with Crippen LogP contribution in [0.4, 0.5) is 5.69 Å². The molecule has 0 amide bonds. The average Bonchev–Trinajstić information content (AvgIpc) is 2.50. The van der Waals surface area contributed by atoms with Gasteiger partial charge in [-0.3, -0.25) is 9.71 Å². The van der Waals surface area contributed by atoms with Crippen molar-refractivity contribution in [2.75, 3.05) is 4.72 Å². The number of anilines is 1. The highest BCUT2D eigenvalue weighted by molar-refractivity contribution is 7.92. The summed E-state index contributed by atoms with van der Waals surface area (Å²) < 4.78 is 27.7. The van der Waals surface area contributed by atoms with Gasteiger partial charge in [-0.1, -0.05) is 29.3 Å². The summed E-state index contributed by atoms with van der Waals surface area (Å²) in [6, 6.07) is 11.7. The SMILES string of the molecule is Cc1cc(S(=O)(=O)Nc2ccc3ncccc3c2)c(Cl)cc1Cl. The molecule has 0 spiro atoms. The molecule has 1 aromatic heterocycles. The van der Waals surface area contributed by atoms with Gasteiger partial charge < -0.3 is 0 Å². The molecule has 3 aromatic rings. The predicted molar refractivity (Wildman–Crippen MR) is 93.8 cm³/mol. The van der Waals surface area contributed by atoms with Crippen LogP contribution in [0.2, 0.25) is 10.0 Å². The Hall–Kier alpha value is -1.82. The molecule has 0 bridgehead atoms. The largest absolute Gasteiger partial charge is 0.280 e. The van der Waals surface area contributed by atoms with E-state index >= 15 is 0 Å². The molecule has 0 saturated carbocycles. The fourth-order valence-electron chi connectivity index (χ4n) is 2.19. The fraction of sp³-hybridized carbons (Fsp3) is 0.0625. The number of hydrogen-bond acceptors (Lipinski definition) is 3. The first kappa shape index (κ1) is 16.1. The van der Waals surface area contributed by atoms with Gasteiger partial charge in [0.1, 0.15) is 4.90 Å². The number of sulfonamides is 1. The van der Waals surface area contributed by atoms with E-state index in [9.17, 15) is 8.42 Å². The van der Waals surface area contributed by atoms with Crippen LogP contribution < -0.4 is 4.72 Å². The van der Waals surface area contributed by atoms with Crippen LogP contribution in [0.15, 0.2) is 53.6 Å². The van der Waals surface area contributed by atoms with Crippen molar-refractivity contribution in [1.29, 1.82) is 0 Å². The number of rotatable bonds is 3. The van der Waals surface area contributed by atoms with Crippen molar-refractivity contribution >= 4 is 49.8 Å². The van der Waals surface area contributed by atoms with Crippen molar-refractivity contribution in [2.45, 2.75) is 11.8 Å². The summed E-state index contributed by atoms with van der Waals surface area (Å²) in [5.74, 6) is 0. The Morgan fingerprint density at radius 1 is 1.04 bits per heavy atom. The minimum Gasteiger partial charge on any atom is -0.280 e. The van der Waals surface area contributed by atoms with E-state index in [-0.39, 0.29) is 9.92 Å². The molecule has 0 fully saturated rings. The fourth-order valence-corrected chi connectivity index (χ4v) is 4.07. The summed E-state index contributed by atoms with van der Waals surface area (Å²) in [7, 11) is -3.81. The first-order valence-electron chi connectivity index (χ1n) is 6.70. The highest BCUT2D eigenvalue weighted by Gasteiger charge is 2.19. The second-order valence-electron chi connectivity index (χ2n) is 5.05. The lowest BCUT2D eigenvalue weighted by atomic mass is 10.2. The highest BCUT2D eigenvalue weighted by Crippen LogP contribution is 2.30. The lowest BCUT2D eigenvalue weighted by Gasteiger charge is -2.11. The number of nitrogens with one attached hydrogen (secondary N) is 1. The maximum absolute atomic E-state index is 12.6. The van der Waals surface area contributed by atoms with E-state index in [1.54, 1.807) is 37.4 Å². The number of halogens is 2. The van der Waals surface area contributed by atoms with Gasteiger partial charge in [0, 0.05) is 22.3 Å². The molecule has 0 aliphatic carbocycles. The van der Waals surface area contributed by atoms with Crippen molar-refractivity contribution in [3.63, 3.8) is 0 Å². The van der Waals surface area contributed by atoms with Gasteiger partial charge in [-0.05, 0) is 48.9 Å². The molecule has 0 unspecified atom stereocenters. The Morgan fingerprint density at radius 2 is 1.83 bits per heavy atom. The minimum absolute atomic E-state index is 0.00708. The Kier molecular flexibility index (Phi) is 4.19. The topological polar surface area (TPSA) is 59.1 Å². The summed E-state index contributed by atoms with van der Waals surface area (Å²) in [6.45, 7) is 1.72. The van der Waals surface area contributed by atoms with Crippen LogP contribution in [0.3, 0.4) is 0 Å². The number of hydrogen-bond donors (Lipinski definition) is 1. The smallest absolute Gasteiger partial charge is 0.263 e.